The molecule has 0 saturated carbocycles. The number of pyridine rings is 1. The fraction of sp³-hybridized carbons (Fsp3) is 0.292. The van der Waals surface area contributed by atoms with Crippen LogP contribution < -0.4 is 10.5 Å². The van der Waals surface area contributed by atoms with Gasteiger partial charge in [0, 0.05) is 36.6 Å². The Morgan fingerprint density at radius 2 is 2.09 bits per heavy atom. The maximum absolute atomic E-state index is 11.6. The molecule has 11 heteroatoms. The van der Waals surface area contributed by atoms with Crippen LogP contribution in [0.3, 0.4) is 0 Å². The van der Waals surface area contributed by atoms with E-state index in [2.05, 4.69) is 33.1 Å². The molecule has 0 amide bonds. The Bertz CT molecular complexity index is 1560. The van der Waals surface area contributed by atoms with Gasteiger partial charge in [-0.1, -0.05) is 0 Å². The zero-order valence-electron chi connectivity index (χ0n) is 19.7. The highest BCUT2D eigenvalue weighted by molar-refractivity contribution is 5.80. The Hall–Kier alpha value is -4.25. The van der Waals surface area contributed by atoms with Crippen LogP contribution in [0.4, 0.5) is 5.82 Å². The van der Waals surface area contributed by atoms with Crippen molar-refractivity contribution in [1.29, 1.82) is 0 Å². The summed E-state index contributed by atoms with van der Waals surface area (Å²) in [6.45, 7) is 8.20. The number of hydrogen-bond donors (Lipinski definition) is 2. The first-order valence-electron chi connectivity index (χ1n) is 11.5. The summed E-state index contributed by atoms with van der Waals surface area (Å²) in [4.78, 5) is 21.6. The van der Waals surface area contributed by atoms with E-state index >= 15 is 0 Å². The van der Waals surface area contributed by atoms with E-state index in [1.807, 2.05) is 35.3 Å². The second kappa shape index (κ2) is 8.20. The Labute approximate surface area is 200 Å². The summed E-state index contributed by atoms with van der Waals surface area (Å²) in [5, 5.41) is 16.6. The van der Waals surface area contributed by atoms with Gasteiger partial charge < -0.3 is 14.6 Å². The first-order valence-corrected chi connectivity index (χ1v) is 11.5. The Balaban J connectivity index is 1.59. The van der Waals surface area contributed by atoms with E-state index in [0.29, 0.717) is 13.2 Å². The van der Waals surface area contributed by atoms with Crippen LogP contribution in [0.1, 0.15) is 18.3 Å². The number of nitrogens with zero attached hydrogens (tertiary/aromatic N) is 7. The lowest BCUT2D eigenvalue weighted by Gasteiger charge is -2.34. The van der Waals surface area contributed by atoms with E-state index < -0.39 is 0 Å². The van der Waals surface area contributed by atoms with E-state index in [1.165, 1.54) is 6.07 Å². The van der Waals surface area contributed by atoms with Crippen molar-refractivity contribution in [3.8, 4) is 28.2 Å². The molecule has 0 radical (unpaired) electrons. The SMILES string of the molecule is Cc1nn(-c2ccc(=O)[nH]c2)c(C)c1-c1cc(N2CCOC[C@H]2C)nc2c(-c3ccn[nH]3)cnn12. The Morgan fingerprint density at radius 1 is 1.20 bits per heavy atom. The van der Waals surface area contributed by atoms with Crippen molar-refractivity contribution in [2.45, 2.75) is 26.8 Å². The minimum atomic E-state index is -0.154. The standard InChI is InChI=1S/C24H25N9O2/c1-14-13-35-9-8-31(14)21-10-20(33-24(28-21)18(12-27-33)19-6-7-26-29-19)23-15(2)30-32(16(23)3)17-4-5-22(34)25-11-17/h4-7,10-12,14H,8-9,13H2,1-3H3,(H,25,34)(H,26,29)/t14-/m1/s1. The molecule has 1 aliphatic rings. The van der Waals surface area contributed by atoms with E-state index in [4.69, 9.17) is 19.9 Å². The van der Waals surface area contributed by atoms with Crippen molar-refractivity contribution in [1.82, 2.24) is 39.6 Å². The molecule has 1 fully saturated rings. The summed E-state index contributed by atoms with van der Waals surface area (Å²) in [7, 11) is 0. The molecule has 2 N–H and O–H groups in total. The van der Waals surface area contributed by atoms with Crippen LogP contribution in [0, 0.1) is 13.8 Å². The molecule has 0 bridgehead atoms. The van der Waals surface area contributed by atoms with Gasteiger partial charge in [0.15, 0.2) is 5.65 Å². The second-order valence-corrected chi connectivity index (χ2v) is 8.75. The van der Waals surface area contributed by atoms with E-state index in [0.717, 1.165) is 57.6 Å². The van der Waals surface area contributed by atoms with Gasteiger partial charge in [-0.15, -0.1) is 0 Å². The first-order chi connectivity index (χ1) is 17.0. The molecule has 0 spiro atoms. The fourth-order valence-electron chi connectivity index (χ4n) is 4.74. The number of morpholine rings is 1. The molecule has 0 aliphatic carbocycles. The second-order valence-electron chi connectivity index (χ2n) is 8.75. The first kappa shape index (κ1) is 21.3. The van der Waals surface area contributed by atoms with Crippen molar-refractivity contribution >= 4 is 11.5 Å². The Morgan fingerprint density at radius 3 is 2.83 bits per heavy atom. The van der Waals surface area contributed by atoms with Crippen LogP contribution in [-0.2, 0) is 4.74 Å². The lowest BCUT2D eigenvalue weighted by molar-refractivity contribution is 0.0985. The van der Waals surface area contributed by atoms with Gasteiger partial charge in [0.05, 0.1) is 59.5 Å². The number of anilines is 1. The third kappa shape index (κ3) is 3.51. The Kier molecular flexibility index (Phi) is 4.99. The quantitative estimate of drug-likeness (QED) is 0.413. The van der Waals surface area contributed by atoms with Gasteiger partial charge in [0.1, 0.15) is 5.82 Å². The maximum Gasteiger partial charge on any atom is 0.248 e. The predicted octanol–water partition coefficient (Wildman–Crippen LogP) is 2.50. The average molecular weight is 472 g/mol. The van der Waals surface area contributed by atoms with Crippen molar-refractivity contribution in [3.05, 3.63) is 64.6 Å². The number of H-pyrrole nitrogens is 2. The molecule has 0 unspecified atom stereocenters. The third-order valence-corrected chi connectivity index (χ3v) is 6.47. The van der Waals surface area contributed by atoms with Gasteiger partial charge in [-0.2, -0.15) is 15.3 Å². The molecule has 178 valence electrons. The number of hydrogen-bond acceptors (Lipinski definition) is 7. The largest absolute Gasteiger partial charge is 0.377 e. The molecule has 6 rings (SSSR count). The van der Waals surface area contributed by atoms with Crippen molar-refractivity contribution in [2.75, 3.05) is 24.7 Å². The van der Waals surface area contributed by atoms with Gasteiger partial charge in [-0.25, -0.2) is 14.2 Å². The lowest BCUT2D eigenvalue weighted by Crippen LogP contribution is -2.44. The molecule has 11 nitrogen and oxygen atoms in total. The van der Waals surface area contributed by atoms with Crippen LogP contribution in [0.5, 0.6) is 0 Å². The topological polar surface area (TPSA) is 122 Å². The van der Waals surface area contributed by atoms with Gasteiger partial charge in [0.25, 0.3) is 0 Å². The van der Waals surface area contributed by atoms with Gasteiger partial charge in [0.2, 0.25) is 5.56 Å². The van der Waals surface area contributed by atoms with Crippen molar-refractivity contribution < 1.29 is 4.74 Å². The molecule has 35 heavy (non-hydrogen) atoms. The minimum absolute atomic E-state index is 0.154. The highest BCUT2D eigenvalue weighted by Crippen LogP contribution is 2.34. The van der Waals surface area contributed by atoms with Gasteiger partial charge >= 0.3 is 0 Å². The van der Waals surface area contributed by atoms with E-state index in [-0.39, 0.29) is 11.6 Å². The lowest BCUT2D eigenvalue weighted by atomic mass is 10.1. The zero-order valence-corrected chi connectivity index (χ0v) is 19.7. The molecule has 5 aromatic heterocycles. The molecular weight excluding hydrogens is 446 g/mol. The monoisotopic (exact) mass is 471 g/mol. The summed E-state index contributed by atoms with van der Waals surface area (Å²) in [5.74, 6) is 0.861. The number of fused-ring (bicyclic) bond motifs is 1. The van der Waals surface area contributed by atoms with Crippen LogP contribution >= 0.6 is 0 Å². The van der Waals surface area contributed by atoms with Crippen LogP contribution in [0.15, 0.2) is 47.7 Å². The van der Waals surface area contributed by atoms with Crippen LogP contribution in [0.25, 0.3) is 33.8 Å². The van der Waals surface area contributed by atoms with Crippen LogP contribution in [-0.4, -0.2) is 65.4 Å². The highest BCUT2D eigenvalue weighted by Gasteiger charge is 2.26. The zero-order chi connectivity index (χ0) is 24.1. The third-order valence-electron chi connectivity index (χ3n) is 6.47. The van der Waals surface area contributed by atoms with Gasteiger partial charge in [-0.05, 0) is 32.9 Å². The molecule has 0 aromatic carbocycles. The number of rotatable bonds is 4. The molecule has 5 aromatic rings. The summed E-state index contributed by atoms with van der Waals surface area (Å²) >= 11 is 0. The summed E-state index contributed by atoms with van der Waals surface area (Å²) in [6.07, 6.45) is 5.19. The van der Waals surface area contributed by atoms with E-state index in [1.54, 1.807) is 18.5 Å². The number of ether oxygens (including phenoxy) is 1. The van der Waals surface area contributed by atoms with Crippen LogP contribution in [0.2, 0.25) is 0 Å². The number of aromatic nitrogens is 8. The number of aromatic amines is 2. The molecule has 1 aliphatic heterocycles. The summed E-state index contributed by atoms with van der Waals surface area (Å²) in [6, 6.07) is 7.43. The fourth-order valence-corrected chi connectivity index (χ4v) is 4.74. The average Bonchev–Trinajstić information content (AvgIpc) is 3.59. The smallest absolute Gasteiger partial charge is 0.248 e. The van der Waals surface area contributed by atoms with E-state index in [9.17, 15) is 4.79 Å². The van der Waals surface area contributed by atoms with Gasteiger partial charge in [-0.3, -0.25) is 9.89 Å². The van der Waals surface area contributed by atoms with Crippen molar-refractivity contribution in [2.24, 2.45) is 0 Å². The molecular formula is C24H25N9O2. The molecule has 1 saturated heterocycles. The minimum Gasteiger partial charge on any atom is -0.377 e. The summed E-state index contributed by atoms with van der Waals surface area (Å²) < 4.78 is 9.36. The number of nitrogens with one attached hydrogen (secondary N) is 2. The molecule has 6 heterocycles. The molecule has 1 atom stereocenters. The highest BCUT2D eigenvalue weighted by atomic mass is 16.5. The number of aryl methyl sites for hydroxylation is 1. The van der Waals surface area contributed by atoms with Crippen molar-refractivity contribution in [3.63, 3.8) is 0 Å². The predicted molar refractivity (Wildman–Crippen MR) is 131 cm³/mol. The summed E-state index contributed by atoms with van der Waals surface area (Å²) in [5.41, 5.74) is 6.71. The maximum atomic E-state index is 11.6. The normalized spacial score (nSPS) is 16.3.